The molecule has 0 heterocycles. The van der Waals surface area contributed by atoms with Gasteiger partial charge in [-0.05, 0) is 26.2 Å². The largest absolute Gasteiger partial charge is 0.353 e. The highest BCUT2D eigenvalue weighted by molar-refractivity contribution is 5.96. The molecule has 0 unspecified atom stereocenters. The second kappa shape index (κ2) is 7.48. The van der Waals surface area contributed by atoms with E-state index in [1.807, 2.05) is 19.0 Å². The molecule has 19 heavy (non-hydrogen) atoms. The molecule has 0 saturated carbocycles. The molecular formula is C13H18FN3O2. The second-order valence-corrected chi connectivity index (χ2v) is 4.32. The molecule has 0 bridgehead atoms. The van der Waals surface area contributed by atoms with Crippen LogP contribution in [0.25, 0.3) is 0 Å². The summed E-state index contributed by atoms with van der Waals surface area (Å²) in [5.74, 6) is -1.50. The van der Waals surface area contributed by atoms with Crippen molar-refractivity contribution in [2.24, 2.45) is 0 Å². The van der Waals surface area contributed by atoms with Crippen LogP contribution in [0, 0.1) is 5.82 Å². The van der Waals surface area contributed by atoms with Crippen LogP contribution in [0.5, 0.6) is 0 Å². The molecular weight excluding hydrogens is 249 g/mol. The maximum absolute atomic E-state index is 13.3. The molecule has 0 spiro atoms. The summed E-state index contributed by atoms with van der Waals surface area (Å²) in [6.45, 7) is 1.05. The summed E-state index contributed by atoms with van der Waals surface area (Å²) in [6, 6.07) is 5.63. The first kappa shape index (κ1) is 15.1. The molecule has 0 aliphatic carbocycles. The van der Waals surface area contributed by atoms with Gasteiger partial charge in [0.25, 0.3) is 5.91 Å². The normalized spacial score (nSPS) is 10.3. The van der Waals surface area contributed by atoms with Crippen LogP contribution in [0.2, 0.25) is 0 Å². The number of nitrogens with one attached hydrogen (secondary N) is 2. The third kappa shape index (κ3) is 5.48. The number of nitrogens with zero attached hydrogens (tertiary/aromatic N) is 1. The van der Waals surface area contributed by atoms with E-state index in [1.54, 1.807) is 6.07 Å². The van der Waals surface area contributed by atoms with Gasteiger partial charge < -0.3 is 15.5 Å². The van der Waals surface area contributed by atoms with Gasteiger partial charge in [-0.2, -0.15) is 0 Å². The molecule has 6 heteroatoms. The zero-order valence-electron chi connectivity index (χ0n) is 11.1. The highest BCUT2D eigenvalue weighted by atomic mass is 19.1. The van der Waals surface area contributed by atoms with E-state index in [4.69, 9.17) is 0 Å². The molecule has 0 aliphatic rings. The molecule has 0 saturated heterocycles. The molecule has 104 valence electrons. The van der Waals surface area contributed by atoms with Crippen molar-refractivity contribution in [3.8, 4) is 0 Å². The van der Waals surface area contributed by atoms with E-state index in [0.717, 1.165) is 0 Å². The van der Waals surface area contributed by atoms with Gasteiger partial charge in [0, 0.05) is 13.1 Å². The van der Waals surface area contributed by atoms with Gasteiger partial charge in [0.1, 0.15) is 5.82 Å². The fourth-order valence-corrected chi connectivity index (χ4v) is 1.38. The van der Waals surface area contributed by atoms with E-state index in [-0.39, 0.29) is 18.0 Å². The van der Waals surface area contributed by atoms with Crippen LogP contribution in [0.3, 0.4) is 0 Å². The number of rotatable bonds is 6. The number of hydrogen-bond acceptors (Lipinski definition) is 3. The third-order valence-electron chi connectivity index (χ3n) is 2.41. The van der Waals surface area contributed by atoms with Crippen LogP contribution in [0.15, 0.2) is 24.3 Å². The number of likely N-dealkylation sites (N-methyl/N-ethyl adjacent to an activating group) is 1. The SMILES string of the molecule is CN(C)CCNC(=O)CNC(=O)c1ccccc1F. The smallest absolute Gasteiger partial charge is 0.254 e. The maximum atomic E-state index is 13.3. The van der Waals surface area contributed by atoms with Crippen molar-refractivity contribution >= 4 is 11.8 Å². The van der Waals surface area contributed by atoms with Crippen molar-refractivity contribution in [1.29, 1.82) is 0 Å². The lowest BCUT2D eigenvalue weighted by Crippen LogP contribution is -2.39. The lowest BCUT2D eigenvalue weighted by Gasteiger charge is -2.11. The van der Waals surface area contributed by atoms with E-state index in [2.05, 4.69) is 10.6 Å². The molecule has 0 atom stereocenters. The number of amides is 2. The lowest BCUT2D eigenvalue weighted by atomic mass is 10.2. The second-order valence-electron chi connectivity index (χ2n) is 4.32. The first-order valence-corrected chi connectivity index (χ1v) is 5.95. The molecule has 2 N–H and O–H groups in total. The van der Waals surface area contributed by atoms with Crippen LogP contribution in [0.1, 0.15) is 10.4 Å². The fourth-order valence-electron chi connectivity index (χ4n) is 1.38. The molecule has 5 nitrogen and oxygen atoms in total. The van der Waals surface area contributed by atoms with Gasteiger partial charge in [0.15, 0.2) is 0 Å². The Morgan fingerprint density at radius 1 is 1.21 bits per heavy atom. The molecule has 1 aromatic rings. The quantitative estimate of drug-likeness (QED) is 0.776. The van der Waals surface area contributed by atoms with Crippen molar-refractivity contribution in [2.75, 3.05) is 33.7 Å². The minimum absolute atomic E-state index is 0.0661. The van der Waals surface area contributed by atoms with Gasteiger partial charge >= 0.3 is 0 Å². The summed E-state index contributed by atoms with van der Waals surface area (Å²) >= 11 is 0. The predicted octanol–water partition coefficient (Wildman–Crippen LogP) is 0.233. The summed E-state index contributed by atoms with van der Waals surface area (Å²) < 4.78 is 13.3. The van der Waals surface area contributed by atoms with Gasteiger partial charge in [-0.15, -0.1) is 0 Å². The number of halogens is 1. The number of hydrogen-bond donors (Lipinski definition) is 2. The van der Waals surface area contributed by atoms with Crippen molar-refractivity contribution in [3.63, 3.8) is 0 Å². The van der Waals surface area contributed by atoms with Crippen molar-refractivity contribution in [1.82, 2.24) is 15.5 Å². The zero-order valence-corrected chi connectivity index (χ0v) is 11.1. The Morgan fingerprint density at radius 2 is 1.89 bits per heavy atom. The molecule has 0 radical (unpaired) electrons. The Hall–Kier alpha value is -1.95. The Labute approximate surface area is 111 Å². The van der Waals surface area contributed by atoms with Gasteiger partial charge in [-0.3, -0.25) is 9.59 Å². The minimum Gasteiger partial charge on any atom is -0.353 e. The first-order valence-electron chi connectivity index (χ1n) is 5.95. The van der Waals surface area contributed by atoms with Crippen LogP contribution < -0.4 is 10.6 Å². The highest BCUT2D eigenvalue weighted by Crippen LogP contribution is 2.05. The minimum atomic E-state index is -0.604. The first-order chi connectivity index (χ1) is 9.00. The van der Waals surface area contributed by atoms with Crippen LogP contribution in [-0.2, 0) is 4.79 Å². The van der Waals surface area contributed by atoms with Gasteiger partial charge in [0.05, 0.1) is 12.1 Å². The van der Waals surface area contributed by atoms with Crippen LogP contribution in [0.4, 0.5) is 4.39 Å². The summed E-state index contributed by atoms with van der Waals surface area (Å²) in [5.41, 5.74) is -0.0661. The Kier molecular flexibility index (Phi) is 5.95. The zero-order chi connectivity index (χ0) is 14.3. The van der Waals surface area contributed by atoms with E-state index >= 15 is 0 Å². The van der Waals surface area contributed by atoms with Gasteiger partial charge in [0.2, 0.25) is 5.91 Å². The fraction of sp³-hybridized carbons (Fsp3) is 0.385. The Bertz CT molecular complexity index is 449. The lowest BCUT2D eigenvalue weighted by molar-refractivity contribution is -0.120. The van der Waals surface area contributed by atoms with Crippen LogP contribution in [-0.4, -0.2) is 50.4 Å². The van der Waals surface area contributed by atoms with Crippen molar-refractivity contribution in [2.45, 2.75) is 0 Å². The molecule has 0 aromatic heterocycles. The third-order valence-corrected chi connectivity index (χ3v) is 2.41. The van der Waals surface area contributed by atoms with E-state index in [1.165, 1.54) is 18.2 Å². The molecule has 2 amide bonds. The van der Waals surface area contributed by atoms with Crippen molar-refractivity contribution in [3.05, 3.63) is 35.6 Å². The topological polar surface area (TPSA) is 61.4 Å². The predicted molar refractivity (Wildman–Crippen MR) is 70.3 cm³/mol. The summed E-state index contributed by atoms with van der Waals surface area (Å²) in [6.07, 6.45) is 0. The molecule has 0 fully saturated rings. The summed E-state index contributed by atoms with van der Waals surface area (Å²) in [7, 11) is 3.79. The van der Waals surface area contributed by atoms with Gasteiger partial charge in [-0.25, -0.2) is 4.39 Å². The number of carbonyl (C=O) groups excluding carboxylic acids is 2. The highest BCUT2D eigenvalue weighted by Gasteiger charge is 2.11. The van der Waals surface area contributed by atoms with E-state index < -0.39 is 11.7 Å². The van der Waals surface area contributed by atoms with E-state index in [0.29, 0.717) is 13.1 Å². The number of carbonyl (C=O) groups is 2. The standard InChI is InChI=1S/C13H18FN3O2/c1-17(2)8-7-15-12(18)9-16-13(19)10-5-3-4-6-11(10)14/h3-6H,7-9H2,1-2H3,(H,15,18)(H,16,19). The van der Waals surface area contributed by atoms with Crippen molar-refractivity contribution < 1.29 is 14.0 Å². The average molecular weight is 267 g/mol. The Morgan fingerprint density at radius 3 is 2.53 bits per heavy atom. The van der Waals surface area contributed by atoms with E-state index in [9.17, 15) is 14.0 Å². The molecule has 1 rings (SSSR count). The van der Waals surface area contributed by atoms with Gasteiger partial charge in [-0.1, -0.05) is 12.1 Å². The molecule has 1 aromatic carbocycles. The maximum Gasteiger partial charge on any atom is 0.254 e. The average Bonchev–Trinajstić information content (AvgIpc) is 2.36. The Balaban J connectivity index is 2.34. The number of benzene rings is 1. The summed E-state index contributed by atoms with van der Waals surface area (Å²) in [4.78, 5) is 24.9. The summed E-state index contributed by atoms with van der Waals surface area (Å²) in [5, 5.41) is 5.02. The molecule has 0 aliphatic heterocycles. The van der Waals surface area contributed by atoms with Crippen LogP contribution >= 0.6 is 0 Å². The monoisotopic (exact) mass is 267 g/mol.